The number of benzene rings is 2. The van der Waals surface area contributed by atoms with E-state index in [1.807, 2.05) is 13.8 Å². The van der Waals surface area contributed by atoms with Gasteiger partial charge in [-0.15, -0.1) is 0 Å². The van der Waals surface area contributed by atoms with Gasteiger partial charge >= 0.3 is 0 Å². The van der Waals surface area contributed by atoms with Gasteiger partial charge in [-0.25, -0.2) is 13.1 Å². The van der Waals surface area contributed by atoms with Crippen molar-refractivity contribution in [2.45, 2.75) is 31.2 Å². The first-order valence-electron chi connectivity index (χ1n) is 8.45. The number of phenols is 1. The van der Waals surface area contributed by atoms with Gasteiger partial charge in [0.25, 0.3) is 5.91 Å². The second-order valence-electron chi connectivity index (χ2n) is 6.02. The van der Waals surface area contributed by atoms with E-state index in [4.69, 9.17) is 0 Å². The SMILES string of the molecule is CC[C@H](NS(=O)(=O)c1cccc(C(=O)N(C)CC)c1)c1ccc(O)cc1. The van der Waals surface area contributed by atoms with Gasteiger partial charge in [-0.3, -0.25) is 4.79 Å². The number of carbonyl (C=O) groups excluding carboxylic acids is 1. The number of rotatable bonds is 7. The molecule has 0 saturated heterocycles. The highest BCUT2D eigenvalue weighted by atomic mass is 32.2. The summed E-state index contributed by atoms with van der Waals surface area (Å²) in [7, 11) is -2.14. The molecule has 2 rings (SSSR count). The van der Waals surface area contributed by atoms with Crippen molar-refractivity contribution in [2.75, 3.05) is 13.6 Å². The van der Waals surface area contributed by atoms with Gasteiger partial charge in [0, 0.05) is 25.2 Å². The molecule has 2 aromatic rings. The van der Waals surface area contributed by atoms with Gasteiger partial charge in [-0.2, -0.15) is 0 Å². The Hall–Kier alpha value is -2.38. The number of hydrogen-bond acceptors (Lipinski definition) is 4. The fourth-order valence-electron chi connectivity index (χ4n) is 2.51. The first kappa shape index (κ1) is 19.9. The second kappa shape index (κ2) is 8.33. The van der Waals surface area contributed by atoms with E-state index in [1.54, 1.807) is 31.3 Å². The summed E-state index contributed by atoms with van der Waals surface area (Å²) >= 11 is 0. The number of nitrogens with zero attached hydrogens (tertiary/aromatic N) is 1. The first-order chi connectivity index (χ1) is 12.3. The van der Waals surface area contributed by atoms with Crippen LogP contribution in [0.4, 0.5) is 0 Å². The van der Waals surface area contributed by atoms with Crippen LogP contribution in [0.5, 0.6) is 5.75 Å². The van der Waals surface area contributed by atoms with Gasteiger partial charge in [0.2, 0.25) is 10.0 Å². The molecule has 1 atom stereocenters. The molecule has 140 valence electrons. The van der Waals surface area contributed by atoms with Gasteiger partial charge in [-0.1, -0.05) is 25.1 Å². The maximum Gasteiger partial charge on any atom is 0.253 e. The molecular formula is C19H24N2O4S. The molecule has 0 aliphatic heterocycles. The van der Waals surface area contributed by atoms with Gasteiger partial charge < -0.3 is 10.0 Å². The third kappa shape index (κ3) is 4.62. The zero-order valence-electron chi connectivity index (χ0n) is 15.1. The summed E-state index contributed by atoms with van der Waals surface area (Å²) in [6, 6.07) is 12.0. The molecule has 0 aliphatic carbocycles. The number of phenolic OH excluding ortho intramolecular Hbond substituents is 1. The van der Waals surface area contributed by atoms with Crippen LogP contribution >= 0.6 is 0 Å². The quantitative estimate of drug-likeness (QED) is 0.778. The Morgan fingerprint density at radius 2 is 1.81 bits per heavy atom. The Bertz CT molecular complexity index is 863. The van der Waals surface area contributed by atoms with Crippen molar-refractivity contribution in [3.63, 3.8) is 0 Å². The standard InChI is InChI=1S/C19H24N2O4S/c1-4-18(14-9-11-16(22)12-10-14)20-26(24,25)17-8-6-7-15(13-17)19(23)21(3)5-2/h6-13,18,20,22H,4-5H2,1-3H3/t18-/m0/s1. The molecular weight excluding hydrogens is 352 g/mol. The average molecular weight is 376 g/mol. The molecule has 1 amide bonds. The zero-order valence-corrected chi connectivity index (χ0v) is 16.0. The van der Waals surface area contributed by atoms with E-state index >= 15 is 0 Å². The van der Waals surface area contributed by atoms with Gasteiger partial charge in [0.15, 0.2) is 0 Å². The monoisotopic (exact) mass is 376 g/mol. The lowest BCUT2D eigenvalue weighted by Gasteiger charge is -2.19. The zero-order chi connectivity index (χ0) is 19.3. The number of amides is 1. The molecule has 0 aromatic heterocycles. The molecule has 0 heterocycles. The largest absolute Gasteiger partial charge is 0.508 e. The normalized spacial score (nSPS) is 12.6. The molecule has 0 radical (unpaired) electrons. The Morgan fingerprint density at radius 3 is 2.38 bits per heavy atom. The predicted octanol–water partition coefficient (Wildman–Crippen LogP) is 2.91. The third-order valence-corrected chi connectivity index (χ3v) is 5.68. The summed E-state index contributed by atoms with van der Waals surface area (Å²) in [6.45, 7) is 4.26. The average Bonchev–Trinajstić information content (AvgIpc) is 2.65. The fraction of sp³-hybridized carbons (Fsp3) is 0.316. The van der Waals surface area contributed by atoms with E-state index in [0.717, 1.165) is 5.56 Å². The number of nitrogens with one attached hydrogen (secondary N) is 1. The van der Waals surface area contributed by atoms with E-state index in [9.17, 15) is 18.3 Å². The van der Waals surface area contributed by atoms with Crippen LogP contribution in [0, 0.1) is 0 Å². The van der Waals surface area contributed by atoms with Crippen molar-refractivity contribution in [3.05, 3.63) is 59.7 Å². The number of hydrogen-bond donors (Lipinski definition) is 2. The van der Waals surface area contributed by atoms with Crippen LogP contribution in [-0.4, -0.2) is 37.9 Å². The van der Waals surface area contributed by atoms with Crippen molar-refractivity contribution in [1.82, 2.24) is 9.62 Å². The van der Waals surface area contributed by atoms with E-state index in [2.05, 4.69) is 4.72 Å². The van der Waals surface area contributed by atoms with Crippen molar-refractivity contribution in [1.29, 1.82) is 0 Å². The maximum absolute atomic E-state index is 12.8. The fourth-order valence-corrected chi connectivity index (χ4v) is 3.86. The summed E-state index contributed by atoms with van der Waals surface area (Å²) in [5, 5.41) is 9.39. The lowest BCUT2D eigenvalue weighted by molar-refractivity contribution is 0.0802. The Labute approximate surface area is 154 Å². The second-order valence-corrected chi connectivity index (χ2v) is 7.73. The van der Waals surface area contributed by atoms with Crippen molar-refractivity contribution in [2.24, 2.45) is 0 Å². The topological polar surface area (TPSA) is 86.7 Å². The molecule has 26 heavy (non-hydrogen) atoms. The van der Waals surface area contributed by atoms with Gasteiger partial charge in [-0.05, 0) is 49.2 Å². The van der Waals surface area contributed by atoms with Crippen molar-refractivity contribution >= 4 is 15.9 Å². The molecule has 0 aliphatic rings. The minimum absolute atomic E-state index is 0.0464. The van der Waals surface area contributed by atoms with Crippen LogP contribution in [0.25, 0.3) is 0 Å². The molecule has 2 N–H and O–H groups in total. The Morgan fingerprint density at radius 1 is 1.15 bits per heavy atom. The number of sulfonamides is 1. The summed E-state index contributed by atoms with van der Waals surface area (Å²) in [5.74, 6) is -0.104. The molecule has 0 spiro atoms. The molecule has 0 saturated carbocycles. The maximum atomic E-state index is 12.8. The highest BCUT2D eigenvalue weighted by Crippen LogP contribution is 2.22. The lowest BCUT2D eigenvalue weighted by Crippen LogP contribution is -2.29. The Balaban J connectivity index is 2.29. The summed E-state index contributed by atoms with van der Waals surface area (Å²) in [4.78, 5) is 13.8. The van der Waals surface area contributed by atoms with Crippen LogP contribution in [0.15, 0.2) is 53.4 Å². The molecule has 0 unspecified atom stereocenters. The van der Waals surface area contributed by atoms with Crippen LogP contribution in [-0.2, 0) is 10.0 Å². The van der Waals surface area contributed by atoms with E-state index in [0.29, 0.717) is 18.5 Å². The molecule has 0 fully saturated rings. The van der Waals surface area contributed by atoms with Gasteiger partial charge in [0.05, 0.1) is 4.90 Å². The van der Waals surface area contributed by atoms with Crippen LogP contribution in [0.1, 0.15) is 42.2 Å². The number of carbonyl (C=O) groups is 1. The van der Waals surface area contributed by atoms with Crippen molar-refractivity contribution in [3.8, 4) is 5.75 Å². The van der Waals surface area contributed by atoms with E-state index in [1.165, 1.54) is 29.2 Å². The Kier molecular flexibility index (Phi) is 6.39. The highest BCUT2D eigenvalue weighted by molar-refractivity contribution is 7.89. The minimum atomic E-state index is -3.80. The van der Waals surface area contributed by atoms with Crippen LogP contribution in [0.3, 0.4) is 0 Å². The summed E-state index contributed by atoms with van der Waals surface area (Å²) in [5.41, 5.74) is 1.08. The highest BCUT2D eigenvalue weighted by Gasteiger charge is 2.22. The van der Waals surface area contributed by atoms with E-state index < -0.39 is 16.1 Å². The summed E-state index contributed by atoms with van der Waals surface area (Å²) in [6.07, 6.45) is 0.543. The molecule has 2 aromatic carbocycles. The van der Waals surface area contributed by atoms with Crippen LogP contribution in [0.2, 0.25) is 0 Å². The van der Waals surface area contributed by atoms with Crippen LogP contribution < -0.4 is 4.72 Å². The first-order valence-corrected chi connectivity index (χ1v) is 9.93. The third-order valence-electron chi connectivity index (χ3n) is 4.21. The molecule has 7 heteroatoms. The smallest absolute Gasteiger partial charge is 0.253 e. The van der Waals surface area contributed by atoms with Gasteiger partial charge in [0.1, 0.15) is 5.75 Å². The lowest BCUT2D eigenvalue weighted by atomic mass is 10.1. The predicted molar refractivity (Wildman–Crippen MR) is 101 cm³/mol. The number of aromatic hydroxyl groups is 1. The molecule has 6 nitrogen and oxygen atoms in total. The van der Waals surface area contributed by atoms with Crippen molar-refractivity contribution < 1.29 is 18.3 Å². The summed E-state index contributed by atoms with van der Waals surface area (Å²) < 4.78 is 28.2. The molecule has 0 bridgehead atoms. The van der Waals surface area contributed by atoms with E-state index in [-0.39, 0.29) is 16.6 Å². The minimum Gasteiger partial charge on any atom is -0.508 e.